The predicted octanol–water partition coefficient (Wildman–Crippen LogP) is 3.17. The molecule has 110 valence electrons. The zero-order valence-corrected chi connectivity index (χ0v) is 12.9. The number of halogens is 2. The summed E-state index contributed by atoms with van der Waals surface area (Å²) in [5.41, 5.74) is 1.14. The van der Waals surface area contributed by atoms with Gasteiger partial charge < -0.3 is 9.47 Å². The second-order valence-electron chi connectivity index (χ2n) is 5.47. The van der Waals surface area contributed by atoms with Gasteiger partial charge in [-0.25, -0.2) is 4.39 Å². The van der Waals surface area contributed by atoms with Crippen LogP contribution in [0, 0.1) is 11.7 Å². The van der Waals surface area contributed by atoms with Crippen LogP contribution in [0.2, 0.25) is 0 Å². The van der Waals surface area contributed by atoms with Crippen LogP contribution in [0.3, 0.4) is 0 Å². The van der Waals surface area contributed by atoms with Crippen LogP contribution in [0.1, 0.15) is 18.4 Å². The summed E-state index contributed by atoms with van der Waals surface area (Å²) >= 11 is 3.24. The van der Waals surface area contributed by atoms with E-state index in [4.69, 9.17) is 9.47 Å². The molecule has 3 nitrogen and oxygen atoms in total. The van der Waals surface area contributed by atoms with Gasteiger partial charge in [0.25, 0.3) is 0 Å². The van der Waals surface area contributed by atoms with E-state index in [9.17, 15) is 4.39 Å². The summed E-state index contributed by atoms with van der Waals surface area (Å²) in [6.07, 6.45) is 2.22. The first-order valence-corrected chi connectivity index (χ1v) is 7.91. The molecular weight excluding hydrogens is 325 g/mol. The lowest BCUT2D eigenvalue weighted by Gasteiger charge is -2.33. The number of nitrogens with zero attached hydrogens (tertiary/aromatic N) is 1. The predicted molar refractivity (Wildman–Crippen MR) is 77.8 cm³/mol. The SMILES string of the molecule is Fc1ccc(CN2CCC(C3OCCO3)CC2)cc1Br. The maximum Gasteiger partial charge on any atom is 0.160 e. The Morgan fingerprint density at radius 1 is 1.20 bits per heavy atom. The number of likely N-dealkylation sites (tertiary alicyclic amines) is 1. The van der Waals surface area contributed by atoms with Gasteiger partial charge in [0.05, 0.1) is 17.7 Å². The minimum Gasteiger partial charge on any atom is -0.350 e. The molecule has 3 rings (SSSR count). The Morgan fingerprint density at radius 2 is 1.90 bits per heavy atom. The van der Waals surface area contributed by atoms with Gasteiger partial charge in [-0.05, 0) is 59.6 Å². The van der Waals surface area contributed by atoms with E-state index in [1.807, 2.05) is 12.1 Å². The van der Waals surface area contributed by atoms with Crippen molar-refractivity contribution in [2.24, 2.45) is 5.92 Å². The van der Waals surface area contributed by atoms with E-state index in [0.717, 1.165) is 51.3 Å². The van der Waals surface area contributed by atoms with E-state index in [0.29, 0.717) is 10.4 Å². The lowest BCUT2D eigenvalue weighted by atomic mass is 9.96. The van der Waals surface area contributed by atoms with Crippen LogP contribution >= 0.6 is 15.9 Å². The molecule has 20 heavy (non-hydrogen) atoms. The molecule has 0 aliphatic carbocycles. The van der Waals surface area contributed by atoms with Gasteiger partial charge in [-0.3, -0.25) is 4.90 Å². The summed E-state index contributed by atoms with van der Waals surface area (Å²) in [6, 6.07) is 5.24. The fourth-order valence-electron chi connectivity index (χ4n) is 2.93. The monoisotopic (exact) mass is 343 g/mol. The highest BCUT2D eigenvalue weighted by molar-refractivity contribution is 9.10. The highest BCUT2D eigenvalue weighted by atomic mass is 79.9. The average molecular weight is 344 g/mol. The lowest BCUT2D eigenvalue weighted by molar-refractivity contribution is -0.0977. The molecule has 0 bridgehead atoms. The van der Waals surface area contributed by atoms with E-state index in [-0.39, 0.29) is 12.1 Å². The maximum atomic E-state index is 13.2. The van der Waals surface area contributed by atoms with E-state index < -0.39 is 0 Å². The zero-order chi connectivity index (χ0) is 13.9. The van der Waals surface area contributed by atoms with Crippen molar-refractivity contribution in [3.05, 3.63) is 34.1 Å². The molecule has 0 unspecified atom stereocenters. The standard InChI is InChI=1S/C15H19BrFNO2/c16-13-9-11(1-2-14(13)17)10-18-5-3-12(4-6-18)15-19-7-8-20-15/h1-2,9,12,15H,3-8,10H2. The lowest BCUT2D eigenvalue weighted by Crippen LogP contribution is -2.37. The summed E-state index contributed by atoms with van der Waals surface area (Å²) in [5, 5.41) is 0. The van der Waals surface area contributed by atoms with E-state index in [1.165, 1.54) is 6.07 Å². The molecule has 2 saturated heterocycles. The first-order chi connectivity index (χ1) is 9.72. The molecule has 0 amide bonds. The van der Waals surface area contributed by atoms with Crippen LogP contribution < -0.4 is 0 Å². The van der Waals surface area contributed by atoms with Crippen LogP contribution in [0.15, 0.2) is 22.7 Å². The molecule has 0 saturated carbocycles. The van der Waals surface area contributed by atoms with E-state index in [2.05, 4.69) is 20.8 Å². The van der Waals surface area contributed by atoms with Crippen LogP contribution in [0.25, 0.3) is 0 Å². The Labute approximate surface area is 127 Å². The van der Waals surface area contributed by atoms with Crippen molar-refractivity contribution in [2.75, 3.05) is 26.3 Å². The van der Waals surface area contributed by atoms with Crippen LogP contribution in [-0.4, -0.2) is 37.5 Å². The third-order valence-corrected chi connectivity index (χ3v) is 4.66. The van der Waals surface area contributed by atoms with Gasteiger partial charge in [-0.15, -0.1) is 0 Å². The minimum atomic E-state index is -0.206. The zero-order valence-electron chi connectivity index (χ0n) is 11.4. The Bertz CT molecular complexity index is 457. The fourth-order valence-corrected chi connectivity index (χ4v) is 3.35. The molecule has 0 aromatic heterocycles. The molecule has 2 heterocycles. The van der Waals surface area contributed by atoms with Gasteiger partial charge in [0.1, 0.15) is 5.82 Å². The van der Waals surface area contributed by atoms with Gasteiger partial charge in [0.15, 0.2) is 6.29 Å². The van der Waals surface area contributed by atoms with Crippen LogP contribution in [-0.2, 0) is 16.0 Å². The highest BCUT2D eigenvalue weighted by Crippen LogP contribution is 2.27. The molecule has 0 N–H and O–H groups in total. The van der Waals surface area contributed by atoms with Crippen molar-refractivity contribution < 1.29 is 13.9 Å². The largest absolute Gasteiger partial charge is 0.350 e. The number of piperidine rings is 1. The average Bonchev–Trinajstić information content (AvgIpc) is 2.98. The van der Waals surface area contributed by atoms with Crippen molar-refractivity contribution in [3.8, 4) is 0 Å². The topological polar surface area (TPSA) is 21.7 Å². The van der Waals surface area contributed by atoms with Gasteiger partial charge in [0, 0.05) is 12.5 Å². The van der Waals surface area contributed by atoms with Gasteiger partial charge >= 0.3 is 0 Å². The summed E-state index contributed by atoms with van der Waals surface area (Å²) < 4.78 is 24.9. The van der Waals surface area contributed by atoms with E-state index in [1.54, 1.807) is 0 Å². The second kappa shape index (κ2) is 6.52. The van der Waals surface area contributed by atoms with Gasteiger partial charge in [-0.2, -0.15) is 0 Å². The Hall–Kier alpha value is -0.490. The molecule has 2 aliphatic rings. The maximum absolute atomic E-state index is 13.2. The van der Waals surface area contributed by atoms with Crippen LogP contribution in [0.4, 0.5) is 4.39 Å². The summed E-state index contributed by atoms with van der Waals surface area (Å²) in [6.45, 7) is 4.42. The van der Waals surface area contributed by atoms with Crippen molar-refractivity contribution in [3.63, 3.8) is 0 Å². The quantitative estimate of drug-likeness (QED) is 0.841. The number of hydrogen-bond donors (Lipinski definition) is 0. The smallest absolute Gasteiger partial charge is 0.160 e. The van der Waals surface area contributed by atoms with Gasteiger partial charge in [0.2, 0.25) is 0 Å². The van der Waals surface area contributed by atoms with E-state index >= 15 is 0 Å². The van der Waals surface area contributed by atoms with Gasteiger partial charge in [-0.1, -0.05) is 6.07 Å². The summed E-state index contributed by atoms with van der Waals surface area (Å²) in [4.78, 5) is 2.41. The molecule has 1 aromatic rings. The number of rotatable bonds is 3. The molecule has 2 aliphatic heterocycles. The molecule has 0 atom stereocenters. The number of benzene rings is 1. The summed E-state index contributed by atoms with van der Waals surface area (Å²) in [5.74, 6) is 0.316. The number of ether oxygens (including phenoxy) is 2. The van der Waals surface area contributed by atoms with Crippen LogP contribution in [0.5, 0.6) is 0 Å². The normalized spacial score (nSPS) is 22.5. The molecule has 1 aromatic carbocycles. The first-order valence-electron chi connectivity index (χ1n) is 7.12. The van der Waals surface area contributed by atoms with Crippen molar-refractivity contribution in [2.45, 2.75) is 25.7 Å². The minimum absolute atomic E-state index is 0.0112. The molecule has 0 spiro atoms. The molecule has 5 heteroatoms. The first kappa shape index (κ1) is 14.4. The van der Waals surface area contributed by atoms with Crippen molar-refractivity contribution >= 4 is 15.9 Å². The Balaban J connectivity index is 1.51. The van der Waals surface area contributed by atoms with Crippen molar-refractivity contribution in [1.29, 1.82) is 0 Å². The number of hydrogen-bond acceptors (Lipinski definition) is 3. The second-order valence-corrected chi connectivity index (χ2v) is 6.33. The Kier molecular flexibility index (Phi) is 4.71. The third-order valence-electron chi connectivity index (χ3n) is 4.05. The highest BCUT2D eigenvalue weighted by Gasteiger charge is 2.30. The summed E-state index contributed by atoms with van der Waals surface area (Å²) in [7, 11) is 0. The molecule has 2 fully saturated rings. The van der Waals surface area contributed by atoms with Crippen molar-refractivity contribution in [1.82, 2.24) is 4.90 Å². The fraction of sp³-hybridized carbons (Fsp3) is 0.600. The molecular formula is C15H19BrFNO2. The third kappa shape index (κ3) is 3.39. The molecule has 0 radical (unpaired) electrons. The Morgan fingerprint density at radius 3 is 2.55 bits per heavy atom.